The normalized spacial score (nSPS) is 16.2. The molecule has 0 bridgehead atoms. The van der Waals surface area contributed by atoms with Crippen LogP contribution in [0.1, 0.15) is 95.4 Å². The van der Waals surface area contributed by atoms with E-state index in [1.54, 1.807) is 53.1 Å². The van der Waals surface area contributed by atoms with Crippen LogP contribution in [0.25, 0.3) is 10.4 Å². The fourth-order valence-electron chi connectivity index (χ4n) is 8.52. The summed E-state index contributed by atoms with van der Waals surface area (Å²) in [6.07, 6.45) is 1.44. The van der Waals surface area contributed by atoms with Crippen molar-refractivity contribution in [2.75, 3.05) is 83.6 Å². The highest BCUT2D eigenvalue weighted by Crippen LogP contribution is 2.35. The van der Waals surface area contributed by atoms with Gasteiger partial charge in [-0.2, -0.15) is 18.2 Å². The van der Waals surface area contributed by atoms with Crippen molar-refractivity contribution in [3.63, 3.8) is 0 Å². The van der Waals surface area contributed by atoms with Crippen LogP contribution in [0.15, 0.2) is 60.2 Å². The number of aryl methyl sites for hydroxylation is 1. The van der Waals surface area contributed by atoms with E-state index in [2.05, 4.69) is 36.2 Å². The number of hydrogen-bond donors (Lipinski definition) is 5. The molecule has 1 aliphatic carbocycles. The summed E-state index contributed by atoms with van der Waals surface area (Å²) in [4.78, 5) is 69.1. The second-order valence-electron chi connectivity index (χ2n) is 20.3. The van der Waals surface area contributed by atoms with Gasteiger partial charge in [0.25, 0.3) is 0 Å². The van der Waals surface area contributed by atoms with Gasteiger partial charge in [0.2, 0.25) is 29.6 Å². The monoisotopic (exact) mass is 1080 g/mol. The number of unbranched alkanes of at least 4 members (excludes halogenated alkanes) is 1. The number of rotatable bonds is 30. The van der Waals surface area contributed by atoms with E-state index < -0.39 is 47.2 Å². The minimum absolute atomic E-state index is 0.00403. The Morgan fingerprint density at radius 3 is 2.18 bits per heavy atom. The molecule has 4 aromatic rings. The first kappa shape index (κ1) is 59.3. The third-order valence-electron chi connectivity index (χ3n) is 13.0. The predicted octanol–water partition coefficient (Wildman–Crippen LogP) is 7.53. The van der Waals surface area contributed by atoms with E-state index in [0.29, 0.717) is 70.3 Å². The van der Waals surface area contributed by atoms with Crippen LogP contribution < -0.4 is 26.0 Å². The lowest BCUT2D eigenvalue weighted by Crippen LogP contribution is -2.58. The van der Waals surface area contributed by atoms with Gasteiger partial charge in [0, 0.05) is 96.9 Å². The number of anilines is 3. The summed E-state index contributed by atoms with van der Waals surface area (Å²) in [6, 6.07) is 12.9. The maximum absolute atomic E-state index is 13.9. The number of alkyl halides is 3. The van der Waals surface area contributed by atoms with Crippen LogP contribution in [0.4, 0.5) is 30.6 Å². The van der Waals surface area contributed by atoms with Gasteiger partial charge in [0.15, 0.2) is 0 Å². The van der Waals surface area contributed by atoms with Crippen LogP contribution in [0, 0.1) is 18.3 Å². The number of aliphatic hydroxyl groups excluding tert-OH is 1. The van der Waals surface area contributed by atoms with Crippen molar-refractivity contribution in [2.45, 2.75) is 116 Å². The van der Waals surface area contributed by atoms with Crippen LogP contribution >= 0.6 is 11.3 Å². The predicted molar refractivity (Wildman–Crippen MR) is 283 cm³/mol. The topological polar surface area (TPSA) is 219 Å². The molecule has 22 heteroatoms. The molecule has 4 amide bonds. The van der Waals surface area contributed by atoms with Gasteiger partial charge < -0.3 is 55.1 Å². The van der Waals surface area contributed by atoms with Gasteiger partial charge in [0.05, 0.1) is 28.8 Å². The second-order valence-corrected chi connectivity index (χ2v) is 21.1. The minimum atomic E-state index is -4.65. The number of aromatic nitrogens is 3. The molecule has 5 N–H and O–H groups in total. The summed E-state index contributed by atoms with van der Waals surface area (Å²) in [5, 5.41) is 22.0. The van der Waals surface area contributed by atoms with E-state index in [1.807, 2.05) is 52.0 Å². The average Bonchev–Trinajstić information content (AvgIpc) is 3.99. The number of halogens is 3. The standard InChI is InChI=1S/C54H74F3N9O9S/c1-36-46(76-35-61-36)38-16-14-37(15-17-38)31-59-49(69)44-30-41(67)33-66(44)51(71)47(53(2,3)4)63-45(68)34-74-28-10-26-72-24-6-7-25-73-27-11-29-75-42-20-18-40(19-21-42)62-52-60-32-43(54(55,56)57)48(64-52)58-22-9-23-65(5)50(70)39-12-8-13-39/h14-21,32,35,39,41,44,47,67H,6-13,22-31,33-34H2,1-5H3,(H,59,69)(H,63,68)(H2,58,60,62,64)/t41-,44+,47-/m1/s1. The Balaban J connectivity index is 0.779. The fraction of sp³-hybridized carbons (Fsp3) is 0.574. The number of ether oxygens (including phenoxy) is 4. The molecular weight excluding hydrogens is 1010 g/mol. The van der Waals surface area contributed by atoms with Crippen molar-refractivity contribution in [3.05, 3.63) is 77.1 Å². The Hall–Kier alpha value is -5.94. The SMILES string of the molecule is Cc1ncsc1-c1ccc(CNC(=O)[C@@H]2C[C@@H](O)CN2C(=O)[C@@H](NC(=O)COCCCOCCCCOCCCOc2ccc(Nc3ncc(C(F)(F)F)c(NCCCN(C)C(=O)C4CCC4)n3)cc2)C(C)(C)C)cc1. The Labute approximate surface area is 447 Å². The number of thiazole rings is 1. The Bertz CT molecular complexity index is 2470. The summed E-state index contributed by atoms with van der Waals surface area (Å²) < 4.78 is 64.1. The molecule has 18 nitrogen and oxygen atoms in total. The number of aliphatic hydroxyl groups is 1. The number of nitrogens with zero attached hydrogens (tertiary/aromatic N) is 5. The zero-order valence-corrected chi connectivity index (χ0v) is 45.0. The molecule has 1 saturated heterocycles. The number of carbonyl (C=O) groups excluding carboxylic acids is 4. The van der Waals surface area contributed by atoms with Crippen molar-refractivity contribution in [1.29, 1.82) is 0 Å². The number of likely N-dealkylation sites (tertiary alicyclic amines) is 1. The van der Waals surface area contributed by atoms with Gasteiger partial charge in [-0.05, 0) is 86.3 Å². The number of nitrogens with one attached hydrogen (secondary N) is 4. The first-order valence-corrected chi connectivity index (χ1v) is 27.0. The quantitative estimate of drug-likeness (QED) is 0.0319. The number of hydrogen-bond acceptors (Lipinski definition) is 15. The first-order valence-electron chi connectivity index (χ1n) is 26.1. The maximum Gasteiger partial charge on any atom is 0.421 e. The van der Waals surface area contributed by atoms with E-state index >= 15 is 0 Å². The third-order valence-corrected chi connectivity index (χ3v) is 14.0. The minimum Gasteiger partial charge on any atom is -0.494 e. The average molecular weight is 1080 g/mol. The van der Waals surface area contributed by atoms with Gasteiger partial charge in [0.1, 0.15) is 35.8 Å². The maximum atomic E-state index is 13.9. The van der Waals surface area contributed by atoms with E-state index in [0.717, 1.165) is 60.0 Å². The van der Waals surface area contributed by atoms with Gasteiger partial charge in [-0.25, -0.2) is 9.97 Å². The highest BCUT2D eigenvalue weighted by Gasteiger charge is 2.44. The van der Waals surface area contributed by atoms with E-state index in [9.17, 15) is 37.5 Å². The molecule has 2 aliphatic rings. The molecule has 6 rings (SSSR count). The zero-order chi connectivity index (χ0) is 54.7. The Kier molecular flexibility index (Phi) is 22.6. The number of β-amino-alcohol motifs (C(OH)–C–C–N with tert-alkyl or cyclic N) is 1. The lowest BCUT2D eigenvalue weighted by molar-refractivity contribution is -0.144. The number of amides is 4. The van der Waals surface area contributed by atoms with Crippen molar-refractivity contribution in [2.24, 2.45) is 11.3 Å². The fourth-order valence-corrected chi connectivity index (χ4v) is 9.33. The van der Waals surface area contributed by atoms with Crippen molar-refractivity contribution in [1.82, 2.24) is 35.4 Å². The lowest BCUT2D eigenvalue weighted by atomic mass is 9.84. The molecule has 1 saturated carbocycles. The first-order chi connectivity index (χ1) is 36.4. The Morgan fingerprint density at radius 1 is 0.882 bits per heavy atom. The van der Waals surface area contributed by atoms with Gasteiger partial charge in [-0.15, -0.1) is 11.3 Å². The lowest BCUT2D eigenvalue weighted by Gasteiger charge is -2.35. The van der Waals surface area contributed by atoms with Crippen LogP contribution in [-0.2, 0) is 46.1 Å². The summed E-state index contributed by atoms with van der Waals surface area (Å²) in [5.74, 6) is -0.872. The van der Waals surface area contributed by atoms with Gasteiger partial charge in [-0.3, -0.25) is 19.2 Å². The van der Waals surface area contributed by atoms with E-state index in [1.165, 1.54) is 4.90 Å². The van der Waals surface area contributed by atoms with Crippen LogP contribution in [0.5, 0.6) is 5.75 Å². The number of benzene rings is 2. The molecule has 416 valence electrons. The summed E-state index contributed by atoms with van der Waals surface area (Å²) >= 11 is 1.57. The molecule has 3 heterocycles. The number of carbonyl (C=O) groups is 4. The summed E-state index contributed by atoms with van der Waals surface area (Å²) in [5.41, 5.74) is 3.58. The smallest absolute Gasteiger partial charge is 0.421 e. The van der Waals surface area contributed by atoms with Gasteiger partial charge >= 0.3 is 6.18 Å². The molecule has 2 fully saturated rings. The molecule has 0 spiro atoms. The van der Waals surface area contributed by atoms with Crippen molar-refractivity contribution < 1.29 is 56.4 Å². The van der Waals surface area contributed by atoms with Crippen molar-refractivity contribution in [3.8, 4) is 16.2 Å². The summed E-state index contributed by atoms with van der Waals surface area (Å²) in [7, 11) is 1.72. The molecule has 0 radical (unpaired) electrons. The molecule has 3 atom stereocenters. The Morgan fingerprint density at radius 2 is 1.55 bits per heavy atom. The molecule has 0 unspecified atom stereocenters. The van der Waals surface area contributed by atoms with Crippen LogP contribution in [0.3, 0.4) is 0 Å². The third kappa shape index (κ3) is 18.4. The molecular formula is C54H74F3N9O9S. The zero-order valence-electron chi connectivity index (χ0n) is 44.2. The highest BCUT2D eigenvalue weighted by atomic mass is 32.1. The second kappa shape index (κ2) is 29.0. The molecule has 2 aromatic heterocycles. The molecule has 2 aromatic carbocycles. The van der Waals surface area contributed by atoms with Crippen LogP contribution in [-0.4, -0.2) is 145 Å². The van der Waals surface area contributed by atoms with E-state index in [4.69, 9.17) is 18.9 Å². The van der Waals surface area contributed by atoms with Crippen LogP contribution in [0.2, 0.25) is 0 Å². The summed E-state index contributed by atoms with van der Waals surface area (Å²) in [6.45, 7) is 10.8. The molecule has 1 aliphatic heterocycles. The molecule has 76 heavy (non-hydrogen) atoms. The van der Waals surface area contributed by atoms with Gasteiger partial charge in [-0.1, -0.05) is 51.5 Å². The highest BCUT2D eigenvalue weighted by molar-refractivity contribution is 7.13. The van der Waals surface area contributed by atoms with E-state index in [-0.39, 0.29) is 68.8 Å². The van der Waals surface area contributed by atoms with Crippen molar-refractivity contribution >= 4 is 52.4 Å². The largest absolute Gasteiger partial charge is 0.494 e.